The summed E-state index contributed by atoms with van der Waals surface area (Å²) in [6, 6.07) is 20.3. The average molecular weight is 447 g/mol. The Morgan fingerprint density at radius 2 is 1.15 bits per heavy atom. The van der Waals surface area contributed by atoms with E-state index >= 15 is 0 Å². The van der Waals surface area contributed by atoms with E-state index < -0.39 is 0 Å². The molecule has 0 radical (unpaired) electrons. The number of aromatic amines is 2. The van der Waals surface area contributed by atoms with Gasteiger partial charge in [0, 0.05) is 27.6 Å². The maximum absolute atomic E-state index is 5.54. The van der Waals surface area contributed by atoms with Crippen molar-refractivity contribution in [1.82, 2.24) is 19.9 Å². The van der Waals surface area contributed by atoms with Crippen LogP contribution in [0.5, 0.6) is 11.5 Å². The minimum atomic E-state index is 0.683. The van der Waals surface area contributed by atoms with E-state index in [4.69, 9.17) is 19.4 Å². The second kappa shape index (κ2) is 8.08. The molecule has 0 saturated heterocycles. The maximum atomic E-state index is 5.54. The van der Waals surface area contributed by atoms with Crippen molar-refractivity contribution in [1.29, 1.82) is 0 Å². The summed E-state index contributed by atoms with van der Waals surface area (Å²) in [6.45, 7) is 0. The van der Waals surface area contributed by atoms with Gasteiger partial charge in [-0.05, 0) is 84.5 Å². The molecule has 4 aromatic rings. The fourth-order valence-corrected chi connectivity index (χ4v) is 4.26. The predicted octanol–water partition coefficient (Wildman–Crippen LogP) is 6.34. The molecule has 0 amide bonds. The number of rotatable bonds is 3. The van der Waals surface area contributed by atoms with Crippen LogP contribution >= 0.6 is 0 Å². The van der Waals surface area contributed by atoms with Crippen LogP contribution in [0.3, 0.4) is 0 Å². The molecule has 0 unspecified atom stereocenters. The summed E-state index contributed by atoms with van der Waals surface area (Å²) in [6.07, 6.45) is 8.08. The number of benzene rings is 1. The quantitative estimate of drug-likeness (QED) is 0.333. The summed E-state index contributed by atoms with van der Waals surface area (Å²) in [5.74, 6) is 1.38. The number of nitrogens with one attached hydrogen (secondary N) is 2. The van der Waals surface area contributed by atoms with E-state index in [0.29, 0.717) is 11.5 Å². The topological polar surface area (TPSA) is 75.8 Å². The first kappa shape index (κ1) is 20.1. The Hall–Kier alpha value is -4.58. The van der Waals surface area contributed by atoms with Crippen molar-refractivity contribution in [3.05, 3.63) is 83.4 Å². The van der Waals surface area contributed by atoms with Gasteiger partial charge in [-0.3, -0.25) is 0 Å². The number of nitrogens with zero attached hydrogens (tertiary/aromatic N) is 2. The van der Waals surface area contributed by atoms with Crippen molar-refractivity contribution in [2.24, 2.45) is 0 Å². The predicted molar refractivity (Wildman–Crippen MR) is 137 cm³/mol. The van der Waals surface area contributed by atoms with E-state index in [1.54, 1.807) is 14.2 Å². The summed E-state index contributed by atoms with van der Waals surface area (Å²) >= 11 is 0. The van der Waals surface area contributed by atoms with Crippen molar-refractivity contribution in [3.63, 3.8) is 0 Å². The number of hydrogen-bond donors (Lipinski definition) is 2. The van der Waals surface area contributed by atoms with Crippen LogP contribution in [0.4, 0.5) is 0 Å². The molecule has 0 atom stereocenters. The fraction of sp³-hybridized carbons (Fsp3) is 0.0714. The van der Waals surface area contributed by atoms with Crippen molar-refractivity contribution < 1.29 is 9.47 Å². The van der Waals surface area contributed by atoms with Crippen LogP contribution in [0.25, 0.3) is 57.5 Å². The molecule has 5 heterocycles. The Bertz CT molecular complexity index is 1640. The van der Waals surface area contributed by atoms with Gasteiger partial charge in [-0.2, -0.15) is 0 Å². The van der Waals surface area contributed by atoms with Gasteiger partial charge in [-0.1, -0.05) is 6.07 Å². The Morgan fingerprint density at radius 1 is 0.559 bits per heavy atom. The van der Waals surface area contributed by atoms with E-state index in [-0.39, 0.29) is 0 Å². The summed E-state index contributed by atoms with van der Waals surface area (Å²) in [7, 11) is 3.28. The molecule has 0 spiro atoms. The van der Waals surface area contributed by atoms with Crippen LogP contribution < -0.4 is 9.47 Å². The summed E-state index contributed by atoms with van der Waals surface area (Å²) in [5.41, 5.74) is 9.51. The highest BCUT2D eigenvalue weighted by Crippen LogP contribution is 2.35. The van der Waals surface area contributed by atoms with Crippen molar-refractivity contribution in [3.8, 4) is 22.6 Å². The van der Waals surface area contributed by atoms with Gasteiger partial charge < -0.3 is 19.4 Å². The van der Waals surface area contributed by atoms with Crippen LogP contribution in [0.2, 0.25) is 0 Å². The van der Waals surface area contributed by atoms with Crippen LogP contribution in [0, 0.1) is 0 Å². The lowest BCUT2D eigenvalue weighted by Gasteiger charge is -2.09. The fourth-order valence-electron chi connectivity index (χ4n) is 4.26. The van der Waals surface area contributed by atoms with Crippen LogP contribution in [-0.4, -0.2) is 34.2 Å². The highest BCUT2D eigenvalue weighted by atomic mass is 16.5. The average Bonchev–Trinajstić information content (AvgIpc) is 3.64. The van der Waals surface area contributed by atoms with E-state index in [0.717, 1.165) is 56.0 Å². The van der Waals surface area contributed by atoms with Gasteiger partial charge in [0.25, 0.3) is 0 Å². The Morgan fingerprint density at radius 3 is 1.76 bits per heavy atom. The molecule has 6 rings (SSSR count). The minimum Gasteiger partial charge on any atom is -0.493 e. The largest absolute Gasteiger partial charge is 0.493 e. The molecule has 1 aromatic carbocycles. The van der Waals surface area contributed by atoms with Crippen LogP contribution in [0.1, 0.15) is 22.8 Å². The number of methoxy groups -OCH3 is 2. The van der Waals surface area contributed by atoms with Gasteiger partial charge in [-0.15, -0.1) is 0 Å². The van der Waals surface area contributed by atoms with E-state index in [9.17, 15) is 0 Å². The monoisotopic (exact) mass is 446 g/mol. The third-order valence-electron chi connectivity index (χ3n) is 5.86. The normalized spacial score (nSPS) is 12.2. The molecule has 2 aliphatic rings. The number of H-pyrrole nitrogens is 2. The minimum absolute atomic E-state index is 0.683. The number of fused-ring (bicyclic) bond motifs is 8. The zero-order valence-electron chi connectivity index (χ0n) is 18.8. The lowest BCUT2D eigenvalue weighted by atomic mass is 10.1. The second-order valence-corrected chi connectivity index (χ2v) is 8.16. The highest BCUT2D eigenvalue weighted by molar-refractivity contribution is 5.88. The van der Waals surface area contributed by atoms with E-state index in [1.165, 1.54) is 0 Å². The smallest absolute Gasteiger partial charge is 0.161 e. The second-order valence-electron chi connectivity index (χ2n) is 8.16. The lowest BCUT2D eigenvalue weighted by Crippen LogP contribution is -1.90. The molecule has 2 aliphatic heterocycles. The molecule has 166 valence electrons. The zero-order valence-corrected chi connectivity index (χ0v) is 18.8. The van der Waals surface area contributed by atoms with E-state index in [1.807, 2.05) is 72.8 Å². The van der Waals surface area contributed by atoms with Crippen molar-refractivity contribution in [2.75, 3.05) is 14.2 Å². The molecule has 0 fully saturated rings. The molecule has 3 aromatic heterocycles. The molecule has 0 saturated carbocycles. The number of hydrogen-bond acceptors (Lipinski definition) is 4. The maximum Gasteiger partial charge on any atom is 0.161 e. The first-order valence-corrected chi connectivity index (χ1v) is 11.0. The van der Waals surface area contributed by atoms with Gasteiger partial charge in [0.05, 0.1) is 37.0 Å². The van der Waals surface area contributed by atoms with Gasteiger partial charge in [-0.25, -0.2) is 9.97 Å². The molecule has 34 heavy (non-hydrogen) atoms. The Kier molecular flexibility index (Phi) is 4.77. The van der Waals surface area contributed by atoms with Crippen molar-refractivity contribution in [2.45, 2.75) is 0 Å². The van der Waals surface area contributed by atoms with E-state index in [2.05, 4.69) is 22.1 Å². The molecular formula is C28H22N4O2. The summed E-state index contributed by atoms with van der Waals surface area (Å²) < 4.78 is 11.0. The SMILES string of the molecule is COc1ccc(-c2cc3cc4nc(cc5ccc(cc6nc(cc2[nH]3)C=C6)[nH]5)C=C4)cc1OC. The third-order valence-corrected chi connectivity index (χ3v) is 5.86. The van der Waals surface area contributed by atoms with Gasteiger partial charge >= 0.3 is 0 Å². The zero-order chi connectivity index (χ0) is 23.1. The lowest BCUT2D eigenvalue weighted by molar-refractivity contribution is 0.355. The first-order chi connectivity index (χ1) is 16.7. The van der Waals surface area contributed by atoms with Crippen LogP contribution in [0.15, 0.2) is 60.7 Å². The Balaban J connectivity index is 1.63. The number of ether oxygens (including phenoxy) is 2. The summed E-state index contributed by atoms with van der Waals surface area (Å²) in [4.78, 5) is 16.5. The van der Waals surface area contributed by atoms with Crippen molar-refractivity contribution >= 4 is 46.4 Å². The van der Waals surface area contributed by atoms with Gasteiger partial charge in [0.15, 0.2) is 11.5 Å². The van der Waals surface area contributed by atoms with Gasteiger partial charge in [0.2, 0.25) is 0 Å². The standard InChI is InChI=1S/C28H22N4O2/c1-33-27-10-3-17(11-28(27)34-2)25-15-24-14-22-7-6-20(30-22)12-18-4-5-19(29-18)13-21-8-9-23(31-21)16-26(25)32-24/h3-16,29,32H,1-2H3. The Labute approximate surface area is 196 Å². The first-order valence-electron chi connectivity index (χ1n) is 11.0. The highest BCUT2D eigenvalue weighted by Gasteiger charge is 2.10. The molecular weight excluding hydrogens is 424 g/mol. The molecule has 6 heteroatoms. The summed E-state index contributed by atoms with van der Waals surface area (Å²) in [5, 5.41) is 0. The third kappa shape index (κ3) is 3.75. The van der Waals surface area contributed by atoms with Crippen LogP contribution in [-0.2, 0) is 0 Å². The molecule has 8 bridgehead atoms. The van der Waals surface area contributed by atoms with Gasteiger partial charge in [0.1, 0.15) is 0 Å². The molecule has 0 aliphatic carbocycles. The number of aromatic nitrogens is 4. The molecule has 2 N–H and O–H groups in total. The molecule has 6 nitrogen and oxygen atoms in total.